The molecule has 4 aliphatic rings. The first-order chi connectivity index (χ1) is 12.7. The van der Waals surface area contributed by atoms with Crippen LogP contribution in [0.15, 0.2) is 24.3 Å². The molecule has 1 aromatic carbocycles. The van der Waals surface area contributed by atoms with Gasteiger partial charge in [0.05, 0.1) is 11.1 Å². The Labute approximate surface area is 155 Å². The van der Waals surface area contributed by atoms with Crippen molar-refractivity contribution < 1.29 is 9.59 Å². The van der Waals surface area contributed by atoms with E-state index in [1.165, 1.54) is 37.1 Å². The fraction of sp³-hybridized carbons (Fsp3) is 0.636. The molecule has 2 aliphatic heterocycles. The van der Waals surface area contributed by atoms with Gasteiger partial charge in [-0.25, -0.2) is 0 Å². The van der Waals surface area contributed by atoms with Gasteiger partial charge in [-0.05, 0) is 87.4 Å². The van der Waals surface area contributed by atoms with E-state index in [0.717, 1.165) is 43.7 Å². The maximum Gasteiger partial charge on any atom is 0.261 e. The minimum atomic E-state index is -0.103. The summed E-state index contributed by atoms with van der Waals surface area (Å²) in [6.07, 6.45) is 8.05. The smallest absolute Gasteiger partial charge is 0.261 e. The molecule has 0 bridgehead atoms. The van der Waals surface area contributed by atoms with Crippen molar-refractivity contribution in [3.05, 3.63) is 35.4 Å². The SMILES string of the molecule is O=C1c2ccccc2C(=O)N1CC1CCN(CC2CCC3CC3C2)CC1. The summed E-state index contributed by atoms with van der Waals surface area (Å²) < 4.78 is 0. The maximum atomic E-state index is 12.5. The number of carbonyl (C=O) groups excluding carboxylic acids is 2. The lowest BCUT2D eigenvalue weighted by atomic mass is 9.88. The van der Waals surface area contributed by atoms with Crippen LogP contribution < -0.4 is 0 Å². The van der Waals surface area contributed by atoms with Gasteiger partial charge in [0.1, 0.15) is 0 Å². The molecule has 1 saturated heterocycles. The van der Waals surface area contributed by atoms with Crippen LogP contribution in [0.25, 0.3) is 0 Å². The van der Waals surface area contributed by atoms with Crippen molar-refractivity contribution in [3.8, 4) is 0 Å². The van der Waals surface area contributed by atoms with Gasteiger partial charge >= 0.3 is 0 Å². The first-order valence-corrected chi connectivity index (χ1v) is 10.4. The zero-order valence-corrected chi connectivity index (χ0v) is 15.4. The van der Waals surface area contributed by atoms with E-state index in [2.05, 4.69) is 4.90 Å². The number of amides is 2. The highest BCUT2D eigenvalue weighted by molar-refractivity contribution is 6.21. The summed E-state index contributed by atoms with van der Waals surface area (Å²) in [6, 6.07) is 7.21. The molecule has 3 unspecified atom stereocenters. The maximum absolute atomic E-state index is 12.5. The summed E-state index contributed by atoms with van der Waals surface area (Å²) in [7, 11) is 0. The van der Waals surface area contributed by atoms with Crippen molar-refractivity contribution >= 4 is 11.8 Å². The zero-order valence-electron chi connectivity index (χ0n) is 15.4. The van der Waals surface area contributed by atoms with Gasteiger partial charge in [-0.1, -0.05) is 12.1 Å². The predicted octanol–water partition coefficient (Wildman–Crippen LogP) is 3.43. The van der Waals surface area contributed by atoms with Gasteiger partial charge < -0.3 is 4.90 Å². The topological polar surface area (TPSA) is 40.6 Å². The van der Waals surface area contributed by atoms with Crippen LogP contribution in [0.3, 0.4) is 0 Å². The van der Waals surface area contributed by atoms with Gasteiger partial charge in [-0.3, -0.25) is 14.5 Å². The number of carbonyl (C=O) groups is 2. The van der Waals surface area contributed by atoms with Crippen LogP contribution in [-0.4, -0.2) is 47.8 Å². The van der Waals surface area contributed by atoms with Crippen molar-refractivity contribution in [1.29, 1.82) is 0 Å². The summed E-state index contributed by atoms with van der Waals surface area (Å²) >= 11 is 0. The van der Waals surface area contributed by atoms with Crippen LogP contribution in [0.1, 0.15) is 59.2 Å². The van der Waals surface area contributed by atoms with Crippen molar-refractivity contribution in [2.24, 2.45) is 23.7 Å². The minimum Gasteiger partial charge on any atom is -0.303 e. The van der Waals surface area contributed by atoms with Crippen LogP contribution in [0.4, 0.5) is 0 Å². The van der Waals surface area contributed by atoms with Gasteiger partial charge in [0.15, 0.2) is 0 Å². The van der Waals surface area contributed by atoms with Gasteiger partial charge in [-0.2, -0.15) is 0 Å². The summed E-state index contributed by atoms with van der Waals surface area (Å²) in [5, 5.41) is 0. The Bertz CT molecular complexity index is 688. The van der Waals surface area contributed by atoms with E-state index in [9.17, 15) is 9.59 Å². The quantitative estimate of drug-likeness (QED) is 0.780. The molecule has 4 heteroatoms. The number of benzene rings is 1. The van der Waals surface area contributed by atoms with Gasteiger partial charge in [0.2, 0.25) is 0 Å². The number of hydrogen-bond acceptors (Lipinski definition) is 3. The molecule has 3 fully saturated rings. The molecule has 2 aliphatic carbocycles. The molecular formula is C22H28N2O2. The fourth-order valence-corrected chi connectivity index (χ4v) is 5.49. The van der Waals surface area contributed by atoms with Crippen LogP contribution in [0, 0.1) is 23.7 Å². The van der Waals surface area contributed by atoms with E-state index >= 15 is 0 Å². The van der Waals surface area contributed by atoms with Crippen LogP contribution in [-0.2, 0) is 0 Å². The van der Waals surface area contributed by atoms with Gasteiger partial charge in [0.25, 0.3) is 11.8 Å². The molecule has 3 atom stereocenters. The monoisotopic (exact) mass is 352 g/mol. The number of nitrogens with zero attached hydrogens (tertiary/aromatic N) is 2. The van der Waals surface area contributed by atoms with E-state index in [1.807, 2.05) is 12.1 Å². The number of hydrogen-bond donors (Lipinski definition) is 0. The molecule has 2 saturated carbocycles. The molecule has 5 rings (SSSR count). The highest BCUT2D eigenvalue weighted by Crippen LogP contribution is 2.51. The zero-order chi connectivity index (χ0) is 17.7. The fourth-order valence-electron chi connectivity index (χ4n) is 5.49. The second-order valence-electron chi connectivity index (χ2n) is 8.95. The van der Waals surface area contributed by atoms with Crippen LogP contribution >= 0.6 is 0 Å². The van der Waals surface area contributed by atoms with Crippen molar-refractivity contribution in [2.75, 3.05) is 26.2 Å². The lowest BCUT2D eigenvalue weighted by molar-refractivity contribution is 0.0590. The van der Waals surface area contributed by atoms with E-state index in [0.29, 0.717) is 23.6 Å². The van der Waals surface area contributed by atoms with E-state index in [4.69, 9.17) is 0 Å². The number of fused-ring (bicyclic) bond motifs is 2. The van der Waals surface area contributed by atoms with Crippen molar-refractivity contribution in [1.82, 2.24) is 9.80 Å². The number of imide groups is 1. The first kappa shape index (κ1) is 16.5. The molecule has 0 spiro atoms. The third-order valence-electron chi connectivity index (χ3n) is 7.19. The number of rotatable bonds is 4. The standard InChI is InChI=1S/C22H28N2O2/c25-21-19-3-1-2-4-20(19)22(26)24(21)14-15-7-9-23(10-8-15)13-16-5-6-17-12-18(17)11-16/h1-4,15-18H,5-14H2. The summed E-state index contributed by atoms with van der Waals surface area (Å²) in [5.41, 5.74) is 1.15. The Hall–Kier alpha value is -1.68. The molecular weight excluding hydrogens is 324 g/mol. The lowest BCUT2D eigenvalue weighted by Crippen LogP contribution is -2.42. The first-order valence-electron chi connectivity index (χ1n) is 10.4. The molecule has 0 N–H and O–H groups in total. The Balaban J connectivity index is 1.13. The summed E-state index contributed by atoms with van der Waals surface area (Å²) in [4.78, 5) is 29.2. The Morgan fingerprint density at radius 2 is 1.46 bits per heavy atom. The average Bonchev–Trinajstić information content (AvgIpc) is 3.40. The molecule has 4 nitrogen and oxygen atoms in total. The largest absolute Gasteiger partial charge is 0.303 e. The molecule has 138 valence electrons. The highest BCUT2D eigenvalue weighted by atomic mass is 16.2. The Morgan fingerprint density at radius 1 is 0.769 bits per heavy atom. The second kappa shape index (κ2) is 6.49. The van der Waals surface area contributed by atoms with Crippen molar-refractivity contribution in [3.63, 3.8) is 0 Å². The molecule has 2 amide bonds. The summed E-state index contributed by atoms with van der Waals surface area (Å²) in [5.74, 6) is 3.29. The molecule has 0 aromatic heterocycles. The van der Waals surface area contributed by atoms with Crippen LogP contribution in [0.2, 0.25) is 0 Å². The number of piperidine rings is 1. The highest BCUT2D eigenvalue weighted by Gasteiger charge is 2.42. The normalized spacial score (nSPS) is 31.8. The van der Waals surface area contributed by atoms with E-state index < -0.39 is 0 Å². The van der Waals surface area contributed by atoms with Crippen molar-refractivity contribution in [2.45, 2.75) is 38.5 Å². The Kier molecular flexibility index (Phi) is 4.11. The second-order valence-corrected chi connectivity index (χ2v) is 8.95. The predicted molar refractivity (Wildman–Crippen MR) is 99.9 cm³/mol. The minimum absolute atomic E-state index is 0.103. The molecule has 1 aromatic rings. The molecule has 0 radical (unpaired) electrons. The van der Waals surface area contributed by atoms with Gasteiger partial charge in [-0.15, -0.1) is 0 Å². The molecule has 26 heavy (non-hydrogen) atoms. The average molecular weight is 352 g/mol. The molecule has 2 heterocycles. The van der Waals surface area contributed by atoms with E-state index in [1.54, 1.807) is 12.1 Å². The van der Waals surface area contributed by atoms with Crippen LogP contribution in [0.5, 0.6) is 0 Å². The number of likely N-dealkylation sites (tertiary alicyclic amines) is 1. The van der Waals surface area contributed by atoms with E-state index in [-0.39, 0.29) is 11.8 Å². The third kappa shape index (κ3) is 2.98. The Morgan fingerprint density at radius 3 is 2.12 bits per heavy atom. The third-order valence-corrected chi connectivity index (χ3v) is 7.19. The summed E-state index contributed by atoms with van der Waals surface area (Å²) in [6.45, 7) is 4.10. The lowest BCUT2D eigenvalue weighted by Gasteiger charge is -2.36. The van der Waals surface area contributed by atoms with Gasteiger partial charge in [0, 0.05) is 13.1 Å².